The Labute approximate surface area is 360 Å². The van der Waals surface area contributed by atoms with E-state index in [1.807, 2.05) is 21.1 Å². The molecular weight excluding hydrogens is 744 g/mol. The number of carbonyl (C=O) groups is 1. The quantitative estimate of drug-likeness (QED) is 0.0244. The van der Waals surface area contributed by atoms with Gasteiger partial charge in [0.25, 0.3) is 0 Å². The molecule has 8 nitrogen and oxygen atoms in total. The van der Waals surface area contributed by atoms with E-state index in [9.17, 15) is 19.4 Å². The number of phosphoric ester groups is 1. The zero-order valence-electron chi connectivity index (χ0n) is 39.0. The maximum atomic E-state index is 12.9. The van der Waals surface area contributed by atoms with E-state index in [1.54, 1.807) is 0 Å². The van der Waals surface area contributed by atoms with Crippen molar-refractivity contribution in [2.24, 2.45) is 0 Å². The minimum absolute atomic E-state index is 0.0706. The van der Waals surface area contributed by atoms with Crippen LogP contribution in [0.3, 0.4) is 0 Å². The van der Waals surface area contributed by atoms with Crippen LogP contribution in [0.4, 0.5) is 0 Å². The summed E-state index contributed by atoms with van der Waals surface area (Å²) in [6.07, 6.45) is 49.3. The molecule has 9 heteroatoms. The summed E-state index contributed by atoms with van der Waals surface area (Å²) >= 11 is 0. The molecule has 1 amide bonds. The normalized spacial score (nSPS) is 14.4. The van der Waals surface area contributed by atoms with Crippen molar-refractivity contribution in [3.8, 4) is 0 Å². The summed E-state index contributed by atoms with van der Waals surface area (Å²) in [5, 5.41) is 14.0. The van der Waals surface area contributed by atoms with Gasteiger partial charge >= 0.3 is 7.82 Å². The van der Waals surface area contributed by atoms with Gasteiger partial charge in [-0.15, -0.1) is 0 Å². The van der Waals surface area contributed by atoms with Gasteiger partial charge in [0.15, 0.2) is 0 Å². The minimum Gasteiger partial charge on any atom is -0.391 e. The second kappa shape index (κ2) is 41.3. The number of hydrogen-bond donors (Lipinski definition) is 3. The van der Waals surface area contributed by atoms with Crippen molar-refractivity contribution in [3.63, 3.8) is 0 Å². The maximum Gasteiger partial charge on any atom is 0.472 e. The third-order valence-corrected chi connectivity index (χ3v) is 12.2. The lowest BCUT2D eigenvalue weighted by Gasteiger charge is -2.26. The fraction of sp³-hybridized carbons (Fsp3) is 0.898. The predicted molar refractivity (Wildman–Crippen MR) is 249 cm³/mol. The first kappa shape index (κ1) is 57.0. The second-order valence-corrected chi connectivity index (χ2v) is 19.6. The van der Waals surface area contributed by atoms with Crippen molar-refractivity contribution >= 4 is 13.7 Å². The number of likely N-dealkylation sites (N-methyl/N-ethyl adjacent to an activating group) is 1. The Kier molecular flexibility index (Phi) is 40.6. The number of allylic oxidation sites excluding steroid dienone is 4. The molecule has 0 bridgehead atoms. The van der Waals surface area contributed by atoms with Crippen LogP contribution in [0.5, 0.6) is 0 Å². The van der Waals surface area contributed by atoms with Gasteiger partial charge in [-0.05, 0) is 64.2 Å². The molecule has 0 fully saturated rings. The molecule has 0 saturated carbocycles. The molecule has 0 rings (SSSR count). The third-order valence-electron chi connectivity index (χ3n) is 11.2. The van der Waals surface area contributed by atoms with Crippen LogP contribution in [0, 0.1) is 0 Å². The summed E-state index contributed by atoms with van der Waals surface area (Å²) in [6, 6.07) is -0.774. The van der Waals surface area contributed by atoms with E-state index in [2.05, 4.69) is 43.5 Å². The molecule has 0 aliphatic carbocycles. The predicted octanol–water partition coefficient (Wildman–Crippen LogP) is 14.1. The van der Waals surface area contributed by atoms with Gasteiger partial charge in [-0.3, -0.25) is 13.8 Å². The molecule has 0 aromatic heterocycles. The lowest BCUT2D eigenvalue weighted by atomic mass is 10.0. The first-order valence-corrected chi connectivity index (χ1v) is 26.2. The molecule has 344 valence electrons. The van der Waals surface area contributed by atoms with E-state index in [-0.39, 0.29) is 19.1 Å². The Bertz CT molecular complexity index is 1000. The minimum atomic E-state index is -4.32. The molecule has 3 N–H and O–H groups in total. The Morgan fingerprint density at radius 1 is 0.569 bits per heavy atom. The lowest BCUT2D eigenvalue weighted by Crippen LogP contribution is -2.46. The van der Waals surface area contributed by atoms with Crippen LogP contribution < -0.4 is 5.32 Å². The van der Waals surface area contributed by atoms with E-state index < -0.39 is 20.0 Å². The van der Waals surface area contributed by atoms with Crippen molar-refractivity contribution in [1.82, 2.24) is 5.32 Å². The molecule has 0 aliphatic rings. The fourth-order valence-electron chi connectivity index (χ4n) is 7.21. The zero-order valence-corrected chi connectivity index (χ0v) is 39.9. The highest BCUT2D eigenvalue weighted by Crippen LogP contribution is 2.43. The lowest BCUT2D eigenvalue weighted by molar-refractivity contribution is -0.870. The summed E-state index contributed by atoms with van der Waals surface area (Å²) in [4.78, 5) is 23.2. The molecule has 0 spiro atoms. The number of phosphoric acid groups is 1. The Hall–Kier alpha value is -1.02. The molecule has 0 aromatic rings. The molecular formula is C49H98N2O6P+. The second-order valence-electron chi connectivity index (χ2n) is 18.2. The van der Waals surface area contributed by atoms with Crippen LogP contribution in [-0.4, -0.2) is 73.4 Å². The number of aliphatic hydroxyl groups is 1. The van der Waals surface area contributed by atoms with Gasteiger partial charge in [0.05, 0.1) is 39.9 Å². The average molecular weight is 842 g/mol. The SMILES string of the molecule is CCCCCCCC/C=C/CCCCCCCCCCCCCCCC(=O)N[C@@H](COP(=O)(O)OCC[N+](C)(C)C)[C@H](O)CCCC/C=C/CCCCCCCCC. The Balaban J connectivity index is 4.22. The van der Waals surface area contributed by atoms with E-state index >= 15 is 0 Å². The molecule has 1 unspecified atom stereocenters. The third kappa shape index (κ3) is 43.1. The van der Waals surface area contributed by atoms with Crippen molar-refractivity contribution in [2.75, 3.05) is 40.9 Å². The summed E-state index contributed by atoms with van der Waals surface area (Å²) in [5.74, 6) is -0.153. The molecule has 0 radical (unpaired) electrons. The molecule has 3 atom stereocenters. The standard InChI is InChI=1S/C49H97N2O6P/c1-6-8-10-12-14-16-18-20-21-22-23-24-25-26-27-28-29-31-33-35-37-39-41-43-49(53)50-47(46-57-58(54,55)56-45-44-51(3,4)5)48(52)42-40-38-36-34-32-30-19-17-15-13-11-9-7-2/h20-21,32,34,47-48,52H,6-19,22-31,33,35-46H2,1-5H3,(H-,50,53,54,55)/p+1/b21-20+,34-32+/t47-,48+/m0/s1. The van der Waals surface area contributed by atoms with Gasteiger partial charge in [0, 0.05) is 6.42 Å². The van der Waals surface area contributed by atoms with Crippen LogP contribution in [0.2, 0.25) is 0 Å². The highest BCUT2D eigenvalue weighted by atomic mass is 31.2. The van der Waals surface area contributed by atoms with Crippen LogP contribution in [-0.2, 0) is 18.4 Å². The van der Waals surface area contributed by atoms with E-state index in [0.29, 0.717) is 23.9 Å². The van der Waals surface area contributed by atoms with E-state index in [4.69, 9.17) is 9.05 Å². The molecule has 0 aromatic carbocycles. The largest absolute Gasteiger partial charge is 0.472 e. The molecule has 0 saturated heterocycles. The van der Waals surface area contributed by atoms with Crippen LogP contribution >= 0.6 is 7.82 Å². The average Bonchev–Trinajstić information content (AvgIpc) is 3.17. The first-order chi connectivity index (χ1) is 28.0. The van der Waals surface area contributed by atoms with Gasteiger partial charge in [-0.1, -0.05) is 186 Å². The topological polar surface area (TPSA) is 105 Å². The fourth-order valence-corrected chi connectivity index (χ4v) is 7.95. The summed E-state index contributed by atoms with van der Waals surface area (Å²) in [7, 11) is 1.60. The van der Waals surface area contributed by atoms with E-state index in [1.165, 1.54) is 161 Å². The van der Waals surface area contributed by atoms with Gasteiger partial charge in [-0.25, -0.2) is 4.57 Å². The van der Waals surface area contributed by atoms with Crippen molar-refractivity contribution in [2.45, 2.75) is 244 Å². The van der Waals surface area contributed by atoms with Crippen molar-refractivity contribution in [3.05, 3.63) is 24.3 Å². The van der Waals surface area contributed by atoms with Gasteiger partial charge in [0.1, 0.15) is 13.2 Å². The highest BCUT2D eigenvalue weighted by Gasteiger charge is 2.28. The summed E-state index contributed by atoms with van der Waals surface area (Å²) in [5.41, 5.74) is 0. The van der Waals surface area contributed by atoms with Gasteiger partial charge < -0.3 is 19.8 Å². The number of quaternary nitrogens is 1. The smallest absolute Gasteiger partial charge is 0.391 e. The highest BCUT2D eigenvalue weighted by molar-refractivity contribution is 7.47. The number of unbranched alkanes of at least 4 members (excludes halogenated alkanes) is 28. The first-order valence-electron chi connectivity index (χ1n) is 24.7. The number of hydrogen-bond acceptors (Lipinski definition) is 5. The molecule has 58 heavy (non-hydrogen) atoms. The number of nitrogens with one attached hydrogen (secondary N) is 1. The summed E-state index contributed by atoms with van der Waals surface area (Å²) in [6.45, 7) is 4.87. The van der Waals surface area contributed by atoms with Crippen molar-refractivity contribution in [1.29, 1.82) is 0 Å². The Morgan fingerprint density at radius 3 is 1.33 bits per heavy atom. The zero-order chi connectivity index (χ0) is 42.8. The molecule has 0 heterocycles. The monoisotopic (exact) mass is 842 g/mol. The van der Waals surface area contributed by atoms with Gasteiger partial charge in [0.2, 0.25) is 5.91 Å². The van der Waals surface area contributed by atoms with Gasteiger partial charge in [-0.2, -0.15) is 0 Å². The number of amides is 1. The number of nitrogens with zero attached hydrogens (tertiary/aromatic N) is 1. The number of rotatable bonds is 45. The molecule has 0 aliphatic heterocycles. The Morgan fingerprint density at radius 2 is 0.931 bits per heavy atom. The maximum absolute atomic E-state index is 12.9. The van der Waals surface area contributed by atoms with E-state index in [0.717, 1.165) is 44.9 Å². The summed E-state index contributed by atoms with van der Waals surface area (Å²) < 4.78 is 23.6. The van der Waals surface area contributed by atoms with Crippen LogP contribution in [0.1, 0.15) is 232 Å². The van der Waals surface area contributed by atoms with Crippen molar-refractivity contribution < 1.29 is 32.9 Å². The van der Waals surface area contributed by atoms with Crippen LogP contribution in [0.15, 0.2) is 24.3 Å². The van der Waals surface area contributed by atoms with Crippen LogP contribution in [0.25, 0.3) is 0 Å². The number of aliphatic hydroxyl groups excluding tert-OH is 1. The number of carbonyl (C=O) groups excluding carboxylic acids is 1.